The Morgan fingerprint density at radius 2 is 1.84 bits per heavy atom. The molecule has 0 amide bonds. The monoisotopic (exact) mass is 478 g/mol. The summed E-state index contributed by atoms with van der Waals surface area (Å²) in [6.07, 6.45) is 2.54. The number of primary sulfonamides is 1. The number of nitrogens with zero attached hydrogens (tertiary/aromatic N) is 4. The summed E-state index contributed by atoms with van der Waals surface area (Å²) in [5.74, 6) is -0.624. The van der Waals surface area contributed by atoms with Gasteiger partial charge in [-0.1, -0.05) is 12.1 Å². The van der Waals surface area contributed by atoms with E-state index in [1.54, 1.807) is 18.3 Å². The van der Waals surface area contributed by atoms with Gasteiger partial charge in [0, 0.05) is 17.0 Å². The molecule has 0 saturated carbocycles. The number of rotatable bonds is 5. The second-order valence-corrected chi connectivity index (χ2v) is 10.5. The van der Waals surface area contributed by atoms with Crippen LogP contribution in [0.5, 0.6) is 5.75 Å². The van der Waals surface area contributed by atoms with Crippen LogP contribution >= 0.6 is 11.5 Å². The topological polar surface area (TPSA) is 177 Å². The van der Waals surface area contributed by atoms with Gasteiger partial charge in [0.15, 0.2) is 10.6 Å². The summed E-state index contributed by atoms with van der Waals surface area (Å²) in [6.45, 7) is 0. The van der Waals surface area contributed by atoms with Crippen LogP contribution in [-0.4, -0.2) is 37.6 Å². The van der Waals surface area contributed by atoms with Crippen LogP contribution in [-0.2, 0) is 20.0 Å². The number of hydrogen-bond acceptors (Lipinski definition) is 10. The first-order valence-corrected chi connectivity index (χ1v) is 12.7. The van der Waals surface area contributed by atoms with Crippen molar-refractivity contribution in [1.82, 2.24) is 9.36 Å². The molecule has 0 unspecified atom stereocenters. The van der Waals surface area contributed by atoms with Crippen LogP contribution in [0, 0.1) is 0 Å². The first-order valence-electron chi connectivity index (χ1n) is 8.46. The van der Waals surface area contributed by atoms with E-state index < -0.39 is 30.7 Å². The number of phenolic OH excluding ortho intramolecular Hbond substituents is 1. The molecule has 2 aromatic heterocycles. The number of anilines is 1. The first-order chi connectivity index (χ1) is 14.5. The molecule has 0 fully saturated rings. The third-order valence-electron chi connectivity index (χ3n) is 4.16. The van der Waals surface area contributed by atoms with Gasteiger partial charge in [0.1, 0.15) is 10.6 Å². The molecule has 0 bridgehead atoms. The van der Waals surface area contributed by atoms with Crippen molar-refractivity contribution in [2.75, 3.05) is 11.0 Å². The molecule has 31 heavy (non-hydrogen) atoms. The number of sulfonamides is 2. The largest absolute Gasteiger partial charge is 0.506 e. The molecule has 0 atom stereocenters. The SMILES string of the molecule is CS(=O)(=O)Nc1cccc2c(O)c(S(N)(=O)=O)cc(N=Nc3snc4ncccc34)c12. The van der Waals surface area contributed by atoms with Crippen LogP contribution in [0.4, 0.5) is 16.4 Å². The van der Waals surface area contributed by atoms with E-state index in [0.717, 1.165) is 23.9 Å². The van der Waals surface area contributed by atoms with E-state index in [9.17, 15) is 21.9 Å². The van der Waals surface area contributed by atoms with Crippen molar-refractivity contribution < 1.29 is 21.9 Å². The predicted octanol–water partition coefficient (Wildman–Crippen LogP) is 2.98. The molecule has 2 aromatic carbocycles. The summed E-state index contributed by atoms with van der Waals surface area (Å²) in [6, 6.07) is 8.81. The van der Waals surface area contributed by atoms with E-state index in [4.69, 9.17) is 5.14 Å². The van der Waals surface area contributed by atoms with Gasteiger partial charge in [0.05, 0.1) is 23.0 Å². The van der Waals surface area contributed by atoms with Gasteiger partial charge in [-0.05, 0) is 35.8 Å². The van der Waals surface area contributed by atoms with Gasteiger partial charge in [-0.25, -0.2) is 27.0 Å². The van der Waals surface area contributed by atoms with E-state index in [-0.39, 0.29) is 22.1 Å². The number of nitrogens with one attached hydrogen (secondary N) is 1. The molecular weight excluding hydrogens is 464 g/mol. The molecule has 2 heterocycles. The minimum Gasteiger partial charge on any atom is -0.506 e. The summed E-state index contributed by atoms with van der Waals surface area (Å²) >= 11 is 1.04. The Balaban J connectivity index is 2.00. The number of azo groups is 1. The van der Waals surface area contributed by atoms with Crippen LogP contribution in [0.2, 0.25) is 0 Å². The highest BCUT2D eigenvalue weighted by atomic mass is 32.2. The fourth-order valence-electron chi connectivity index (χ4n) is 2.95. The van der Waals surface area contributed by atoms with Crippen molar-refractivity contribution in [1.29, 1.82) is 0 Å². The molecular formula is C17H14N6O5S3. The second-order valence-electron chi connectivity index (χ2n) is 6.45. The Hall–Kier alpha value is -3.20. The Morgan fingerprint density at radius 3 is 2.55 bits per heavy atom. The van der Waals surface area contributed by atoms with E-state index in [1.165, 1.54) is 18.2 Å². The maximum Gasteiger partial charge on any atom is 0.241 e. The van der Waals surface area contributed by atoms with Gasteiger partial charge in [0.25, 0.3) is 0 Å². The lowest BCUT2D eigenvalue weighted by atomic mass is 10.1. The Kier molecular flexibility index (Phi) is 5.09. The van der Waals surface area contributed by atoms with Gasteiger partial charge < -0.3 is 5.11 Å². The Labute approximate surface area is 180 Å². The van der Waals surface area contributed by atoms with E-state index in [2.05, 4.69) is 24.3 Å². The zero-order valence-corrected chi connectivity index (χ0v) is 18.2. The number of phenols is 1. The van der Waals surface area contributed by atoms with E-state index in [1.807, 2.05) is 0 Å². The van der Waals surface area contributed by atoms with Crippen molar-refractivity contribution in [2.24, 2.45) is 15.4 Å². The van der Waals surface area contributed by atoms with Crippen LogP contribution in [0.1, 0.15) is 0 Å². The maximum atomic E-state index is 12.0. The fraction of sp³-hybridized carbons (Fsp3) is 0.0588. The lowest BCUT2D eigenvalue weighted by molar-refractivity contribution is 0.465. The summed E-state index contributed by atoms with van der Waals surface area (Å²) < 4.78 is 54.1. The molecule has 4 rings (SSSR count). The number of fused-ring (bicyclic) bond motifs is 2. The van der Waals surface area contributed by atoms with Gasteiger partial charge in [-0.3, -0.25) is 4.72 Å². The minimum absolute atomic E-state index is 0.0194. The molecule has 4 N–H and O–H groups in total. The molecule has 14 heteroatoms. The van der Waals surface area contributed by atoms with Crippen LogP contribution < -0.4 is 9.86 Å². The Morgan fingerprint density at radius 1 is 1.10 bits per heavy atom. The third kappa shape index (κ3) is 4.18. The molecule has 0 aliphatic heterocycles. The highest BCUT2D eigenvalue weighted by molar-refractivity contribution is 7.92. The number of pyridine rings is 1. The van der Waals surface area contributed by atoms with Crippen LogP contribution in [0.15, 0.2) is 57.7 Å². The average Bonchev–Trinajstić information content (AvgIpc) is 3.09. The van der Waals surface area contributed by atoms with Gasteiger partial charge in [0.2, 0.25) is 20.0 Å². The van der Waals surface area contributed by atoms with E-state index in [0.29, 0.717) is 16.0 Å². The fourth-order valence-corrected chi connectivity index (χ4v) is 4.83. The maximum absolute atomic E-state index is 12.0. The first kappa shape index (κ1) is 21.0. The zero-order chi connectivity index (χ0) is 22.4. The summed E-state index contributed by atoms with van der Waals surface area (Å²) in [7, 11) is -8.00. The van der Waals surface area contributed by atoms with E-state index >= 15 is 0 Å². The van der Waals surface area contributed by atoms with Gasteiger partial charge in [-0.15, -0.1) is 10.2 Å². The van der Waals surface area contributed by atoms with Gasteiger partial charge >= 0.3 is 0 Å². The number of hydrogen-bond donors (Lipinski definition) is 3. The molecule has 0 saturated heterocycles. The van der Waals surface area contributed by atoms with Crippen molar-refractivity contribution in [2.45, 2.75) is 4.90 Å². The smallest absolute Gasteiger partial charge is 0.241 e. The van der Waals surface area contributed by atoms with Crippen LogP contribution in [0.3, 0.4) is 0 Å². The number of aromatic nitrogens is 2. The lowest BCUT2D eigenvalue weighted by Gasteiger charge is -2.13. The van der Waals surface area contributed by atoms with Crippen molar-refractivity contribution in [3.05, 3.63) is 42.6 Å². The molecule has 160 valence electrons. The standard InChI is InChI=1S/C17H14N6O5S3/c1-30(25,26)23-11-6-2-4-9-14(11)12(8-13(15(9)24)31(18,27)28)20-21-17-10-5-3-7-19-16(10)22-29-17/h2-8,23-24H,1H3,(H2,18,27,28). The minimum atomic E-state index is -4.31. The molecule has 0 aliphatic rings. The highest BCUT2D eigenvalue weighted by Crippen LogP contribution is 2.43. The Bertz CT molecular complexity index is 1580. The summed E-state index contributed by atoms with van der Waals surface area (Å²) in [5.41, 5.74) is 0.539. The quantitative estimate of drug-likeness (QED) is 0.369. The summed E-state index contributed by atoms with van der Waals surface area (Å²) in [4.78, 5) is 3.54. The zero-order valence-electron chi connectivity index (χ0n) is 15.7. The molecule has 0 spiro atoms. The highest BCUT2D eigenvalue weighted by Gasteiger charge is 2.22. The number of benzene rings is 2. The van der Waals surface area contributed by atoms with Crippen molar-refractivity contribution >= 4 is 69.8 Å². The predicted molar refractivity (Wildman–Crippen MR) is 117 cm³/mol. The van der Waals surface area contributed by atoms with Crippen LogP contribution in [0.25, 0.3) is 21.8 Å². The molecule has 0 aliphatic carbocycles. The second kappa shape index (κ2) is 7.49. The molecule has 0 radical (unpaired) electrons. The molecule has 4 aromatic rings. The average molecular weight is 479 g/mol. The number of aromatic hydroxyl groups is 1. The molecule has 11 nitrogen and oxygen atoms in total. The van der Waals surface area contributed by atoms with Crippen molar-refractivity contribution in [3.63, 3.8) is 0 Å². The number of nitrogens with two attached hydrogens (primary N) is 1. The summed E-state index contributed by atoms with van der Waals surface area (Å²) in [5, 5.41) is 25.3. The van der Waals surface area contributed by atoms with Gasteiger partial charge in [-0.2, -0.15) is 4.37 Å². The lowest BCUT2D eigenvalue weighted by Crippen LogP contribution is -2.13. The van der Waals surface area contributed by atoms with Crippen molar-refractivity contribution in [3.8, 4) is 5.75 Å². The normalized spacial score (nSPS) is 12.7. The third-order valence-corrected chi connectivity index (χ3v) is 6.42.